The van der Waals surface area contributed by atoms with Crippen LogP contribution in [0.25, 0.3) is 22.0 Å². The van der Waals surface area contributed by atoms with E-state index in [2.05, 4.69) is 6.08 Å². The summed E-state index contributed by atoms with van der Waals surface area (Å²) in [5, 5.41) is 0.647. The summed E-state index contributed by atoms with van der Waals surface area (Å²) < 4.78 is 1.92. The van der Waals surface area contributed by atoms with Crippen molar-refractivity contribution in [3.8, 4) is 11.1 Å². The van der Waals surface area contributed by atoms with E-state index in [0.29, 0.717) is 17.5 Å². The number of benzene rings is 2. The molecular formula is C23H22N2O2. The molecule has 1 aromatic heterocycles. The minimum atomic E-state index is 0.000745. The molecule has 27 heavy (non-hydrogen) atoms. The van der Waals surface area contributed by atoms with Crippen LogP contribution in [0.1, 0.15) is 12.0 Å². The second-order valence-corrected chi connectivity index (χ2v) is 6.99. The van der Waals surface area contributed by atoms with Gasteiger partial charge in [-0.1, -0.05) is 48.6 Å². The van der Waals surface area contributed by atoms with E-state index in [0.717, 1.165) is 29.6 Å². The molecule has 1 aliphatic rings. The molecule has 0 fully saturated rings. The zero-order chi connectivity index (χ0) is 18.8. The van der Waals surface area contributed by atoms with Gasteiger partial charge in [0.05, 0.1) is 5.52 Å². The van der Waals surface area contributed by atoms with Crippen LogP contribution in [0.5, 0.6) is 0 Å². The Labute approximate surface area is 158 Å². The Morgan fingerprint density at radius 2 is 1.89 bits per heavy atom. The summed E-state index contributed by atoms with van der Waals surface area (Å²) in [5.41, 5.74) is 3.36. The maximum atomic E-state index is 13.1. The van der Waals surface area contributed by atoms with Gasteiger partial charge in [-0.2, -0.15) is 0 Å². The first-order valence-electron chi connectivity index (χ1n) is 9.25. The number of pyridine rings is 1. The van der Waals surface area contributed by atoms with E-state index in [-0.39, 0.29) is 17.9 Å². The third kappa shape index (κ3) is 3.43. The molecule has 0 aliphatic carbocycles. The number of carbonyl (C=O) groups excluding carboxylic acids is 1. The van der Waals surface area contributed by atoms with Crippen molar-refractivity contribution in [2.24, 2.45) is 0 Å². The molecule has 1 aliphatic heterocycles. The molecule has 0 saturated carbocycles. The van der Waals surface area contributed by atoms with E-state index < -0.39 is 0 Å². The summed E-state index contributed by atoms with van der Waals surface area (Å²) in [6, 6.07) is 15.4. The highest BCUT2D eigenvalue weighted by molar-refractivity contribution is 5.86. The van der Waals surface area contributed by atoms with Gasteiger partial charge in [0, 0.05) is 30.2 Å². The van der Waals surface area contributed by atoms with Crippen LogP contribution in [0.4, 0.5) is 0 Å². The number of carbonyl (C=O) groups is 1. The van der Waals surface area contributed by atoms with Crippen molar-refractivity contribution in [1.82, 2.24) is 9.47 Å². The van der Waals surface area contributed by atoms with Crippen LogP contribution in [0, 0.1) is 6.92 Å². The van der Waals surface area contributed by atoms with Gasteiger partial charge in [0.25, 0.3) is 0 Å². The predicted molar refractivity (Wildman–Crippen MR) is 109 cm³/mol. The van der Waals surface area contributed by atoms with E-state index in [1.165, 1.54) is 0 Å². The minimum absolute atomic E-state index is 0.000745. The average molecular weight is 358 g/mol. The smallest absolute Gasteiger partial charge is 0.242 e. The normalized spacial score (nSPS) is 13.9. The van der Waals surface area contributed by atoms with Crippen molar-refractivity contribution in [3.63, 3.8) is 0 Å². The molecule has 0 atom stereocenters. The van der Waals surface area contributed by atoms with E-state index in [1.807, 2.05) is 77.2 Å². The average Bonchev–Trinajstić information content (AvgIpc) is 2.71. The molecule has 0 bridgehead atoms. The first kappa shape index (κ1) is 17.3. The van der Waals surface area contributed by atoms with Crippen LogP contribution in [0.15, 0.2) is 71.7 Å². The Bertz CT molecular complexity index is 1080. The van der Waals surface area contributed by atoms with Gasteiger partial charge in [0.1, 0.15) is 6.54 Å². The molecule has 0 N–H and O–H groups in total. The lowest BCUT2D eigenvalue weighted by Crippen LogP contribution is -2.36. The molecule has 2 heterocycles. The number of fused-ring (bicyclic) bond motifs is 1. The summed E-state index contributed by atoms with van der Waals surface area (Å²) in [6.45, 7) is 3.63. The molecule has 1 amide bonds. The maximum absolute atomic E-state index is 13.1. The second-order valence-electron chi connectivity index (χ2n) is 6.99. The molecule has 2 aromatic carbocycles. The number of nitrogens with zero attached hydrogens (tertiary/aromatic N) is 2. The van der Waals surface area contributed by atoms with Gasteiger partial charge in [-0.3, -0.25) is 9.59 Å². The molecule has 0 radical (unpaired) electrons. The van der Waals surface area contributed by atoms with Crippen LogP contribution >= 0.6 is 0 Å². The number of hydrogen-bond donors (Lipinski definition) is 0. The van der Waals surface area contributed by atoms with E-state index in [9.17, 15) is 9.59 Å². The Morgan fingerprint density at radius 3 is 2.63 bits per heavy atom. The van der Waals surface area contributed by atoms with Crippen LogP contribution < -0.4 is 5.43 Å². The lowest BCUT2D eigenvalue weighted by atomic mass is 10.0. The zero-order valence-electron chi connectivity index (χ0n) is 15.4. The predicted octanol–water partition coefficient (Wildman–Crippen LogP) is 3.77. The molecule has 3 aromatic rings. The summed E-state index contributed by atoms with van der Waals surface area (Å²) in [5.74, 6) is 0.0739. The third-order valence-corrected chi connectivity index (χ3v) is 5.04. The molecule has 136 valence electrons. The third-order valence-electron chi connectivity index (χ3n) is 5.04. The molecule has 4 heteroatoms. The highest BCUT2D eigenvalue weighted by Gasteiger charge is 2.17. The highest BCUT2D eigenvalue weighted by Crippen LogP contribution is 2.21. The largest absolute Gasteiger partial charge is 0.337 e. The zero-order valence-corrected chi connectivity index (χ0v) is 15.4. The maximum Gasteiger partial charge on any atom is 0.242 e. The number of amides is 1. The minimum Gasteiger partial charge on any atom is -0.337 e. The highest BCUT2D eigenvalue weighted by atomic mass is 16.2. The lowest BCUT2D eigenvalue weighted by molar-refractivity contribution is -0.131. The summed E-state index contributed by atoms with van der Waals surface area (Å²) in [4.78, 5) is 27.7. The van der Waals surface area contributed by atoms with Crippen molar-refractivity contribution in [3.05, 3.63) is 82.7 Å². The number of aryl methyl sites for hydroxylation is 1. The summed E-state index contributed by atoms with van der Waals surface area (Å²) >= 11 is 0. The van der Waals surface area contributed by atoms with Crippen LogP contribution in [0.3, 0.4) is 0 Å². The molecule has 0 unspecified atom stereocenters. The summed E-state index contributed by atoms with van der Waals surface area (Å²) in [6.07, 6.45) is 6.86. The number of aromatic nitrogens is 1. The van der Waals surface area contributed by atoms with Gasteiger partial charge in [-0.15, -0.1) is 0 Å². The second kappa shape index (κ2) is 7.23. The SMILES string of the molecule is Cc1ccc2c(=O)c(-c3ccccc3)cn(CC(=O)N3CC=CCC3)c2c1. The Morgan fingerprint density at radius 1 is 1.07 bits per heavy atom. The topological polar surface area (TPSA) is 42.3 Å². The fourth-order valence-corrected chi connectivity index (χ4v) is 3.57. The Hall–Kier alpha value is -3.14. The quantitative estimate of drug-likeness (QED) is 0.669. The van der Waals surface area contributed by atoms with E-state index >= 15 is 0 Å². The fourth-order valence-electron chi connectivity index (χ4n) is 3.57. The molecule has 0 spiro atoms. The number of hydrogen-bond acceptors (Lipinski definition) is 2. The van der Waals surface area contributed by atoms with Gasteiger partial charge < -0.3 is 9.47 Å². The van der Waals surface area contributed by atoms with Crippen LogP contribution in [0.2, 0.25) is 0 Å². The van der Waals surface area contributed by atoms with Gasteiger partial charge in [-0.05, 0) is 36.6 Å². The number of rotatable bonds is 3. The fraction of sp³-hybridized carbons (Fsp3) is 0.217. The van der Waals surface area contributed by atoms with E-state index in [1.54, 1.807) is 0 Å². The van der Waals surface area contributed by atoms with Crippen molar-refractivity contribution >= 4 is 16.8 Å². The monoisotopic (exact) mass is 358 g/mol. The first-order valence-corrected chi connectivity index (χ1v) is 9.25. The Kier molecular flexibility index (Phi) is 4.63. The first-order chi connectivity index (χ1) is 13.1. The van der Waals surface area contributed by atoms with Crippen molar-refractivity contribution < 1.29 is 4.79 Å². The van der Waals surface area contributed by atoms with E-state index in [4.69, 9.17) is 0 Å². The molecule has 0 saturated heterocycles. The Balaban J connectivity index is 1.84. The summed E-state index contributed by atoms with van der Waals surface area (Å²) in [7, 11) is 0. The van der Waals surface area contributed by atoms with Gasteiger partial charge >= 0.3 is 0 Å². The standard InChI is InChI=1S/C23H22N2O2/c1-17-10-11-19-21(14-17)25(16-22(26)24-12-6-3-7-13-24)15-20(23(19)27)18-8-4-2-5-9-18/h2-6,8-11,14-15H,7,12-13,16H2,1H3. The molecular weight excluding hydrogens is 336 g/mol. The van der Waals surface area contributed by atoms with Gasteiger partial charge in [0.15, 0.2) is 5.43 Å². The van der Waals surface area contributed by atoms with Gasteiger partial charge in [0.2, 0.25) is 5.91 Å². The van der Waals surface area contributed by atoms with Crippen LogP contribution in [-0.2, 0) is 11.3 Å². The van der Waals surface area contributed by atoms with Crippen molar-refractivity contribution in [2.45, 2.75) is 19.9 Å². The van der Waals surface area contributed by atoms with Crippen LogP contribution in [-0.4, -0.2) is 28.5 Å². The van der Waals surface area contributed by atoms with Crippen molar-refractivity contribution in [1.29, 1.82) is 0 Å². The molecule has 4 nitrogen and oxygen atoms in total. The molecule has 4 rings (SSSR count). The van der Waals surface area contributed by atoms with Crippen molar-refractivity contribution in [2.75, 3.05) is 13.1 Å². The van der Waals surface area contributed by atoms with Gasteiger partial charge in [-0.25, -0.2) is 0 Å². The lowest BCUT2D eigenvalue weighted by Gasteiger charge is -2.24.